The number of aliphatic hydroxyl groups is 1. The molecule has 0 unspecified atom stereocenters. The molecule has 4 rings (SSSR count). The predicted octanol–water partition coefficient (Wildman–Crippen LogP) is 4.71. The molecule has 1 aliphatic rings. The molecule has 2 aromatic carbocycles. The maximum Gasteiger partial charge on any atom is 0.430 e. The van der Waals surface area contributed by atoms with Crippen molar-refractivity contribution < 1.29 is 41.3 Å². The van der Waals surface area contributed by atoms with Gasteiger partial charge in [0, 0.05) is 36.0 Å². The quantitative estimate of drug-likeness (QED) is 0.325. The van der Waals surface area contributed by atoms with E-state index >= 15 is 0 Å². The number of nitrogens with one attached hydrogen (secondary N) is 1. The van der Waals surface area contributed by atoms with Crippen LogP contribution in [-0.4, -0.2) is 45.8 Å². The molecule has 0 saturated carbocycles. The lowest BCUT2D eigenvalue weighted by molar-refractivity contribution is -0.376. The van der Waals surface area contributed by atoms with E-state index in [0.717, 1.165) is 12.1 Å². The van der Waals surface area contributed by atoms with Crippen molar-refractivity contribution in [2.24, 2.45) is 0 Å². The number of fused-ring (bicyclic) bond motifs is 3. The number of phenols is 1. The number of aryl methyl sites for hydroxylation is 1. The van der Waals surface area contributed by atoms with Gasteiger partial charge in [-0.15, -0.1) is 0 Å². The molecule has 3 aromatic rings. The van der Waals surface area contributed by atoms with Gasteiger partial charge >= 0.3 is 12.4 Å². The number of hydrogen-bond donors (Lipinski definition) is 3. The second-order valence-corrected chi connectivity index (χ2v) is 9.27. The van der Waals surface area contributed by atoms with Gasteiger partial charge in [-0.2, -0.15) is 26.3 Å². The number of aromatic nitrogens is 1. The molecule has 0 radical (unpaired) electrons. The number of phenolic OH excluding ortho intramolecular Hbond substituents is 1. The highest BCUT2D eigenvalue weighted by molar-refractivity contribution is 6.07. The van der Waals surface area contributed by atoms with Gasteiger partial charge in [-0.25, -0.2) is 0 Å². The normalized spacial score (nSPS) is 16.4. The highest BCUT2D eigenvalue weighted by Crippen LogP contribution is 2.50. The van der Waals surface area contributed by atoms with Crippen molar-refractivity contribution in [2.45, 2.75) is 56.8 Å². The highest BCUT2D eigenvalue weighted by atomic mass is 19.4. The molecule has 36 heavy (non-hydrogen) atoms. The monoisotopic (exact) mass is 518 g/mol. The highest BCUT2D eigenvalue weighted by Gasteiger charge is 2.71. The molecule has 0 amide bonds. The number of aromatic hydroxyl groups is 1. The number of hydrogen-bond acceptors (Lipinski definition) is 5. The summed E-state index contributed by atoms with van der Waals surface area (Å²) in [4.78, 5) is 13.3. The number of ether oxygens (including phenoxy) is 1. The van der Waals surface area contributed by atoms with Crippen LogP contribution in [0.3, 0.4) is 0 Å². The maximum atomic E-state index is 13.6. The molecular formula is C24H24F6N2O4. The summed E-state index contributed by atoms with van der Waals surface area (Å²) in [5, 5.41) is 23.2. The fourth-order valence-electron chi connectivity index (χ4n) is 4.36. The number of unbranched alkanes of at least 4 members (excludes halogenated alkanes) is 1. The van der Waals surface area contributed by atoms with Crippen LogP contribution in [0.15, 0.2) is 35.1 Å². The Kier molecular flexibility index (Phi) is 6.19. The fraction of sp³-hybridized carbons (Fsp3) is 0.458. The number of alkyl halides is 6. The predicted molar refractivity (Wildman–Crippen MR) is 120 cm³/mol. The lowest BCUT2D eigenvalue weighted by atomic mass is 9.90. The molecule has 1 aliphatic heterocycles. The zero-order chi connectivity index (χ0) is 26.7. The van der Waals surface area contributed by atoms with E-state index < -0.39 is 40.4 Å². The van der Waals surface area contributed by atoms with Gasteiger partial charge in [-0.05, 0) is 37.6 Å². The molecule has 0 atom stereocenters. The summed E-state index contributed by atoms with van der Waals surface area (Å²) in [6.07, 6.45) is -11.0. The average Bonchev–Trinajstić information content (AvgIpc) is 2.76. The van der Waals surface area contributed by atoms with Gasteiger partial charge in [-0.3, -0.25) is 4.79 Å². The first-order valence-corrected chi connectivity index (χ1v) is 11.2. The molecule has 2 heterocycles. The van der Waals surface area contributed by atoms with Crippen LogP contribution >= 0.6 is 0 Å². The Morgan fingerprint density at radius 3 is 2.19 bits per heavy atom. The summed E-state index contributed by atoms with van der Waals surface area (Å²) in [5.74, 6) is -0.474. The Hall–Kier alpha value is -2.99. The van der Waals surface area contributed by atoms with Gasteiger partial charge in [-0.1, -0.05) is 19.4 Å². The van der Waals surface area contributed by atoms with Gasteiger partial charge in [0.2, 0.25) is 0 Å². The molecular weight excluding hydrogens is 494 g/mol. The van der Waals surface area contributed by atoms with E-state index in [1.165, 1.54) is 10.6 Å². The van der Waals surface area contributed by atoms with Crippen LogP contribution in [0.2, 0.25) is 0 Å². The second-order valence-electron chi connectivity index (χ2n) is 9.27. The average molecular weight is 518 g/mol. The van der Waals surface area contributed by atoms with Crippen LogP contribution in [0.5, 0.6) is 11.5 Å². The summed E-state index contributed by atoms with van der Waals surface area (Å²) in [6.45, 7) is 4.63. The number of benzene rings is 2. The van der Waals surface area contributed by atoms with Crippen molar-refractivity contribution in [2.75, 3.05) is 13.1 Å². The summed E-state index contributed by atoms with van der Waals surface area (Å²) < 4.78 is 88.5. The number of nitrogens with zero attached hydrogens (tertiary/aromatic N) is 1. The zero-order valence-corrected chi connectivity index (χ0v) is 19.3. The van der Waals surface area contributed by atoms with Crippen molar-refractivity contribution in [3.63, 3.8) is 0 Å². The van der Waals surface area contributed by atoms with Crippen molar-refractivity contribution in [3.05, 3.63) is 46.2 Å². The largest absolute Gasteiger partial charge is 0.504 e. The Labute approximate surface area is 201 Å². The van der Waals surface area contributed by atoms with Crippen LogP contribution in [0.25, 0.3) is 21.7 Å². The van der Waals surface area contributed by atoms with Crippen LogP contribution in [0.1, 0.15) is 32.3 Å². The summed E-state index contributed by atoms with van der Waals surface area (Å²) >= 11 is 0. The first-order chi connectivity index (χ1) is 16.6. The van der Waals surface area contributed by atoms with Gasteiger partial charge in [0.05, 0.1) is 10.9 Å². The third-order valence-corrected chi connectivity index (χ3v) is 6.48. The second kappa shape index (κ2) is 8.55. The fourth-order valence-corrected chi connectivity index (χ4v) is 4.36. The van der Waals surface area contributed by atoms with Crippen molar-refractivity contribution in [3.8, 4) is 11.5 Å². The molecule has 6 nitrogen and oxygen atoms in total. The Morgan fingerprint density at radius 1 is 1.03 bits per heavy atom. The molecule has 0 spiro atoms. The summed E-state index contributed by atoms with van der Waals surface area (Å²) in [6, 6.07) is 4.40. The third-order valence-electron chi connectivity index (χ3n) is 6.48. The van der Waals surface area contributed by atoms with Crippen molar-refractivity contribution >= 4 is 21.7 Å². The van der Waals surface area contributed by atoms with Gasteiger partial charge in [0.1, 0.15) is 5.60 Å². The number of halogens is 6. The molecule has 196 valence electrons. The molecule has 3 N–H and O–H groups in total. The first-order valence-electron chi connectivity index (χ1n) is 11.2. The maximum absolute atomic E-state index is 13.6. The molecule has 1 fully saturated rings. The summed E-state index contributed by atoms with van der Waals surface area (Å²) in [7, 11) is 0. The van der Waals surface area contributed by atoms with E-state index in [1.54, 1.807) is 6.92 Å². The van der Waals surface area contributed by atoms with Crippen LogP contribution in [-0.2, 0) is 12.1 Å². The number of rotatable bonds is 6. The van der Waals surface area contributed by atoms with Crippen molar-refractivity contribution in [1.29, 1.82) is 0 Å². The minimum absolute atomic E-state index is 0.0139. The lowest BCUT2D eigenvalue weighted by Crippen LogP contribution is -2.61. The van der Waals surface area contributed by atoms with E-state index in [0.29, 0.717) is 38.1 Å². The standard InChI is InChI=1S/C24H24F6N2O4/c1-3-4-7-32-17-6-5-13(22(35,23(25,26)27)24(28,29)30)8-15(17)14-10-19(36-21(2)11-31-12-21)18(33)9-16(14)20(32)34/h5-6,8-10,31,33,35H,3-4,7,11-12H2,1-2H3. The molecule has 0 bridgehead atoms. The zero-order valence-electron chi connectivity index (χ0n) is 19.3. The molecule has 1 saturated heterocycles. The summed E-state index contributed by atoms with van der Waals surface area (Å²) in [5.41, 5.74) is -7.76. The SMILES string of the molecule is CCCCn1c(=O)c2cc(O)c(OC3(C)CNC3)cc2c2cc(C(O)(C(F)(F)F)C(F)(F)F)ccc21. The topological polar surface area (TPSA) is 83.7 Å². The lowest BCUT2D eigenvalue weighted by Gasteiger charge is -2.39. The Morgan fingerprint density at radius 2 is 1.67 bits per heavy atom. The van der Waals surface area contributed by atoms with Crippen LogP contribution in [0.4, 0.5) is 26.3 Å². The van der Waals surface area contributed by atoms with Crippen molar-refractivity contribution in [1.82, 2.24) is 9.88 Å². The van der Waals surface area contributed by atoms with Crippen LogP contribution < -0.4 is 15.6 Å². The Balaban J connectivity index is 2.06. The Bertz CT molecular complexity index is 1360. The number of pyridine rings is 1. The molecule has 1 aromatic heterocycles. The van der Waals surface area contributed by atoms with E-state index in [-0.39, 0.29) is 34.0 Å². The smallest absolute Gasteiger partial charge is 0.430 e. The minimum Gasteiger partial charge on any atom is -0.504 e. The van der Waals surface area contributed by atoms with E-state index in [1.807, 2.05) is 6.92 Å². The van der Waals surface area contributed by atoms with Gasteiger partial charge < -0.3 is 24.8 Å². The van der Waals surface area contributed by atoms with E-state index in [9.17, 15) is 41.4 Å². The molecule has 0 aliphatic carbocycles. The van der Waals surface area contributed by atoms with Crippen LogP contribution in [0, 0.1) is 0 Å². The van der Waals surface area contributed by atoms with Gasteiger partial charge in [0.25, 0.3) is 11.2 Å². The van der Waals surface area contributed by atoms with E-state index in [4.69, 9.17) is 4.74 Å². The van der Waals surface area contributed by atoms with E-state index in [2.05, 4.69) is 5.32 Å². The third kappa shape index (κ3) is 4.05. The first kappa shape index (κ1) is 26.1. The van der Waals surface area contributed by atoms with Gasteiger partial charge in [0.15, 0.2) is 11.5 Å². The minimum atomic E-state index is -6.07. The molecule has 12 heteroatoms.